The van der Waals surface area contributed by atoms with Crippen molar-refractivity contribution in [2.75, 3.05) is 4.90 Å². The summed E-state index contributed by atoms with van der Waals surface area (Å²) in [5.41, 5.74) is 24.0. The lowest BCUT2D eigenvalue weighted by molar-refractivity contribution is 0.331. The number of furan rings is 1. The van der Waals surface area contributed by atoms with Crippen LogP contribution in [-0.4, -0.2) is 6.71 Å². The molecule has 3 heterocycles. The van der Waals surface area contributed by atoms with E-state index in [9.17, 15) is 0 Å². The van der Waals surface area contributed by atoms with Crippen LogP contribution in [0.15, 0.2) is 83.3 Å². The van der Waals surface area contributed by atoms with Crippen LogP contribution in [-0.2, 0) is 37.9 Å². The van der Waals surface area contributed by atoms with E-state index in [0.29, 0.717) is 0 Å². The van der Waals surface area contributed by atoms with E-state index in [0.717, 1.165) is 11.2 Å². The van der Waals surface area contributed by atoms with Crippen molar-refractivity contribution in [3.63, 3.8) is 0 Å². The topological polar surface area (TPSA) is 16.4 Å². The molecule has 1 aromatic heterocycles. The van der Waals surface area contributed by atoms with Gasteiger partial charge in [-0.05, 0) is 176 Å². The normalized spacial score (nSPS) is 21.3. The van der Waals surface area contributed by atoms with Crippen LogP contribution in [0.25, 0.3) is 11.0 Å². The molecular weight excluding hydrogens is 761 g/mol. The Bertz CT molecular complexity index is 2920. The maximum Gasteiger partial charge on any atom is 0.293 e. The summed E-state index contributed by atoms with van der Waals surface area (Å²) in [6, 6.07) is 32.2. The summed E-state index contributed by atoms with van der Waals surface area (Å²) in [7, 11) is 0. The zero-order chi connectivity index (χ0) is 45.4. The maximum absolute atomic E-state index is 7.41. The third kappa shape index (κ3) is 6.09. The lowest BCUT2D eigenvalue weighted by atomic mass is 9.31. The van der Waals surface area contributed by atoms with Crippen molar-refractivity contribution in [1.82, 2.24) is 0 Å². The summed E-state index contributed by atoms with van der Waals surface area (Å²) in [4.78, 5) is 2.63. The van der Waals surface area contributed by atoms with Crippen LogP contribution in [0.5, 0.6) is 0 Å². The van der Waals surface area contributed by atoms with Gasteiger partial charge in [0.25, 0.3) is 6.71 Å². The van der Waals surface area contributed by atoms with E-state index in [-0.39, 0.29) is 39.2 Å². The second-order valence-corrected chi connectivity index (χ2v) is 25.4. The first kappa shape index (κ1) is 42.5. The molecule has 0 fully saturated rings. The summed E-state index contributed by atoms with van der Waals surface area (Å²) in [5.74, 6) is 0. The van der Waals surface area contributed by atoms with E-state index in [1.54, 1.807) is 0 Å². The van der Waals surface area contributed by atoms with Gasteiger partial charge in [0.15, 0.2) is 0 Å². The number of nitrogens with zero attached hydrogens (tertiary/aromatic N) is 1. The van der Waals surface area contributed by atoms with Gasteiger partial charge >= 0.3 is 0 Å². The number of benzene rings is 5. The van der Waals surface area contributed by atoms with E-state index in [1.807, 2.05) is 0 Å². The zero-order valence-corrected chi connectivity index (χ0v) is 41.8. The Labute approximate surface area is 380 Å². The van der Waals surface area contributed by atoms with Crippen molar-refractivity contribution in [2.24, 2.45) is 0 Å². The van der Waals surface area contributed by atoms with Crippen molar-refractivity contribution in [1.29, 1.82) is 0 Å². The van der Waals surface area contributed by atoms with Crippen LogP contribution in [0.1, 0.15) is 191 Å². The molecule has 0 radical (unpaired) electrons. The lowest BCUT2D eigenvalue weighted by Crippen LogP contribution is -2.64. The van der Waals surface area contributed by atoms with Crippen molar-refractivity contribution in [3.8, 4) is 0 Å². The minimum atomic E-state index is -0.434. The second kappa shape index (κ2) is 13.1. The molecule has 0 saturated carbocycles. The average Bonchev–Trinajstić information content (AvgIpc) is 3.57. The van der Waals surface area contributed by atoms with E-state index in [2.05, 4.69) is 201 Å². The highest BCUT2D eigenvalue weighted by Crippen LogP contribution is 2.54. The van der Waals surface area contributed by atoms with Gasteiger partial charge < -0.3 is 9.32 Å². The molecule has 0 saturated heterocycles. The number of hydrogen-bond acceptors (Lipinski definition) is 2. The van der Waals surface area contributed by atoms with E-state index >= 15 is 0 Å². The number of anilines is 3. The fourth-order valence-electron chi connectivity index (χ4n) is 12.6. The van der Waals surface area contributed by atoms with Crippen molar-refractivity contribution in [2.45, 2.75) is 181 Å². The Kier molecular flexibility index (Phi) is 8.81. The van der Waals surface area contributed by atoms with E-state index in [1.165, 1.54) is 120 Å². The summed E-state index contributed by atoms with van der Waals surface area (Å²) >= 11 is 0. The van der Waals surface area contributed by atoms with Crippen LogP contribution in [0.3, 0.4) is 0 Å². The molecule has 2 nitrogen and oxygen atoms in total. The van der Waals surface area contributed by atoms with Gasteiger partial charge in [-0.1, -0.05) is 151 Å². The van der Waals surface area contributed by atoms with E-state index < -0.39 is 5.41 Å². The number of aryl methyl sites for hydroxylation is 2. The minimum Gasteiger partial charge on any atom is -0.468 e. The van der Waals surface area contributed by atoms with Crippen LogP contribution >= 0.6 is 0 Å². The molecule has 5 aromatic carbocycles. The number of rotatable bonds is 2. The molecule has 1 atom stereocenters. The van der Waals surface area contributed by atoms with Crippen molar-refractivity contribution < 1.29 is 4.42 Å². The number of hydrogen-bond donors (Lipinski definition) is 0. The predicted molar refractivity (Wildman–Crippen MR) is 271 cm³/mol. The molecule has 10 rings (SSSR count). The molecule has 0 spiro atoms. The Morgan fingerprint density at radius 1 is 0.524 bits per heavy atom. The molecular formula is C60H72BNO. The highest BCUT2D eigenvalue weighted by Gasteiger charge is 2.52. The molecule has 0 unspecified atom stereocenters. The first-order valence-corrected chi connectivity index (χ1v) is 24.1. The second-order valence-electron chi connectivity index (χ2n) is 25.4. The molecule has 0 bridgehead atoms. The van der Waals surface area contributed by atoms with Crippen LogP contribution in [0, 0.1) is 13.8 Å². The first-order valence-electron chi connectivity index (χ1n) is 24.1. The molecule has 3 heteroatoms. The third-order valence-electron chi connectivity index (χ3n) is 17.0. The maximum atomic E-state index is 7.41. The third-order valence-corrected chi connectivity index (χ3v) is 17.0. The first-order chi connectivity index (χ1) is 29.1. The quantitative estimate of drug-likeness (QED) is 0.161. The summed E-state index contributed by atoms with van der Waals surface area (Å²) < 4.78 is 7.41. The largest absolute Gasteiger partial charge is 0.468 e. The van der Waals surface area contributed by atoms with Gasteiger partial charge in [0.1, 0.15) is 5.58 Å². The summed E-state index contributed by atoms with van der Waals surface area (Å²) in [6.45, 7) is 41.0. The smallest absolute Gasteiger partial charge is 0.293 e. The van der Waals surface area contributed by atoms with E-state index in [4.69, 9.17) is 4.42 Å². The van der Waals surface area contributed by atoms with Gasteiger partial charge in [-0.3, -0.25) is 0 Å². The molecule has 4 aliphatic rings. The monoisotopic (exact) mass is 834 g/mol. The molecule has 2 aliphatic heterocycles. The standard InChI is InChI=1S/C60H72BNO/c1-35-28-47-51-49(29-35)62(39-20-21-41-44(33-39)58(13,14)25-24-56(41,9)10)52-40-31-37(54(3,4)5)19-23-50(40)63-53(52)61(51)48-22-18-38(55(6,7)8)32-46(48)60(47,17)42-34-45-43(30-36(42)2)57(11,12)26-27-59(45,15)16/h18-23,28-34H,24-27H2,1-17H3/t60-/m1/s1. The van der Waals surface area contributed by atoms with Crippen molar-refractivity contribution in [3.05, 3.63) is 140 Å². The molecule has 326 valence electrons. The van der Waals surface area contributed by atoms with Gasteiger partial charge in [-0.25, -0.2) is 0 Å². The summed E-state index contributed by atoms with van der Waals surface area (Å²) in [5, 5.41) is 1.19. The van der Waals surface area contributed by atoms with Crippen LogP contribution < -0.4 is 21.5 Å². The Morgan fingerprint density at radius 2 is 1.08 bits per heavy atom. The molecule has 6 aromatic rings. The Hall–Kier alpha value is -4.50. The highest BCUT2D eigenvalue weighted by molar-refractivity contribution is 6.98. The molecule has 63 heavy (non-hydrogen) atoms. The Morgan fingerprint density at radius 3 is 1.70 bits per heavy atom. The predicted octanol–water partition coefficient (Wildman–Crippen LogP) is 14.3. The van der Waals surface area contributed by atoms with Crippen LogP contribution in [0.4, 0.5) is 17.1 Å². The van der Waals surface area contributed by atoms with Gasteiger partial charge in [-0.15, -0.1) is 0 Å². The van der Waals surface area contributed by atoms with Crippen LogP contribution in [0.2, 0.25) is 0 Å². The van der Waals surface area contributed by atoms with Crippen molar-refractivity contribution >= 4 is 51.3 Å². The van der Waals surface area contributed by atoms with Gasteiger partial charge in [-0.2, -0.15) is 0 Å². The average molecular weight is 834 g/mol. The van der Waals surface area contributed by atoms with Gasteiger partial charge in [0.2, 0.25) is 0 Å². The SMILES string of the molecule is Cc1cc2c3c(c1)[C@](C)(c1cc4c(cc1C)C(C)(C)CCC4(C)C)c1cc(C(C)(C)C)ccc1B3c1oc3ccc(C(C)(C)C)cc3c1N2c1ccc2c(c1)C(C)(C)CCC2(C)C. The minimum absolute atomic E-state index is 0.0138. The fraction of sp³-hybridized carbons (Fsp3) is 0.467. The lowest BCUT2D eigenvalue weighted by Gasteiger charge is -2.48. The number of fused-ring (bicyclic) bond motifs is 8. The zero-order valence-electron chi connectivity index (χ0n) is 41.8. The van der Waals surface area contributed by atoms with Gasteiger partial charge in [0, 0.05) is 22.2 Å². The Balaban J connectivity index is 1.34. The molecule has 0 N–H and O–H groups in total. The molecule has 0 amide bonds. The molecule has 2 aliphatic carbocycles. The van der Waals surface area contributed by atoms with Gasteiger partial charge in [0.05, 0.1) is 11.3 Å². The fourth-order valence-corrected chi connectivity index (χ4v) is 12.6. The summed E-state index contributed by atoms with van der Waals surface area (Å²) in [6.07, 6.45) is 4.76. The highest BCUT2D eigenvalue weighted by atomic mass is 16.3.